The number of furan rings is 1. The molecule has 0 amide bonds. The van der Waals surface area contributed by atoms with Crippen molar-refractivity contribution in [2.24, 2.45) is 0 Å². The van der Waals surface area contributed by atoms with Crippen molar-refractivity contribution in [1.82, 2.24) is 4.98 Å². The van der Waals surface area contributed by atoms with Crippen molar-refractivity contribution in [2.75, 3.05) is 11.9 Å². The Labute approximate surface area is 116 Å². The lowest BCUT2D eigenvalue weighted by Crippen LogP contribution is -2.18. The average Bonchev–Trinajstić information content (AvgIpc) is 2.98. The Balaban J connectivity index is 2.03. The van der Waals surface area contributed by atoms with Crippen LogP contribution in [0.25, 0.3) is 10.9 Å². The number of pyridine rings is 1. The molecule has 0 saturated heterocycles. The number of fused-ring (bicyclic) bond motifs is 1. The molecule has 0 radical (unpaired) electrons. The molecule has 2 aromatic heterocycles. The normalized spacial score (nSPS) is 10.4. The summed E-state index contributed by atoms with van der Waals surface area (Å²) in [5.41, 5.74) is 1.45. The van der Waals surface area contributed by atoms with Crippen molar-refractivity contribution in [3.05, 3.63) is 60.1 Å². The van der Waals surface area contributed by atoms with Crippen LogP contribution in [-0.4, -0.2) is 12.0 Å². The van der Waals surface area contributed by atoms with E-state index in [9.17, 15) is 5.26 Å². The molecule has 0 aliphatic heterocycles. The van der Waals surface area contributed by atoms with Gasteiger partial charge in [-0.25, -0.2) is 4.98 Å². The van der Waals surface area contributed by atoms with E-state index in [2.05, 4.69) is 11.1 Å². The Bertz CT molecular complexity index is 772. The monoisotopic (exact) mass is 263 g/mol. The quantitative estimate of drug-likeness (QED) is 0.727. The molecule has 0 fully saturated rings. The van der Waals surface area contributed by atoms with Gasteiger partial charge < -0.3 is 9.32 Å². The second kappa shape index (κ2) is 5.06. The fraction of sp³-hybridized carbons (Fsp3) is 0.125. The number of nitrogens with zero attached hydrogens (tertiary/aromatic N) is 3. The first-order valence-electron chi connectivity index (χ1n) is 6.31. The van der Waals surface area contributed by atoms with E-state index >= 15 is 0 Å². The molecule has 3 aromatic rings. The van der Waals surface area contributed by atoms with Gasteiger partial charge in [-0.3, -0.25) is 0 Å². The Morgan fingerprint density at radius 1 is 1.25 bits per heavy atom. The molecule has 0 bridgehead atoms. The van der Waals surface area contributed by atoms with Crippen LogP contribution < -0.4 is 4.90 Å². The number of rotatable bonds is 3. The Morgan fingerprint density at radius 3 is 2.85 bits per heavy atom. The molecule has 0 saturated carbocycles. The van der Waals surface area contributed by atoms with Gasteiger partial charge >= 0.3 is 0 Å². The maximum Gasteiger partial charge on any atom is 0.147 e. The largest absolute Gasteiger partial charge is 0.467 e. The van der Waals surface area contributed by atoms with Gasteiger partial charge in [0.05, 0.1) is 23.9 Å². The van der Waals surface area contributed by atoms with Crippen LogP contribution in [0.15, 0.2) is 53.1 Å². The molecule has 20 heavy (non-hydrogen) atoms. The highest BCUT2D eigenvalue weighted by atomic mass is 16.3. The van der Waals surface area contributed by atoms with Crippen molar-refractivity contribution < 1.29 is 4.42 Å². The minimum Gasteiger partial charge on any atom is -0.467 e. The van der Waals surface area contributed by atoms with Crippen LogP contribution in [0, 0.1) is 11.3 Å². The van der Waals surface area contributed by atoms with Crippen LogP contribution in [0.3, 0.4) is 0 Å². The molecule has 2 heterocycles. The van der Waals surface area contributed by atoms with Gasteiger partial charge in [-0.1, -0.05) is 18.2 Å². The number of hydrogen-bond acceptors (Lipinski definition) is 4. The van der Waals surface area contributed by atoms with E-state index in [-0.39, 0.29) is 0 Å². The first kappa shape index (κ1) is 12.2. The lowest BCUT2D eigenvalue weighted by Gasteiger charge is -2.18. The van der Waals surface area contributed by atoms with Crippen LogP contribution in [-0.2, 0) is 6.54 Å². The second-order valence-corrected chi connectivity index (χ2v) is 4.60. The minimum absolute atomic E-state index is 0.567. The predicted molar refractivity (Wildman–Crippen MR) is 77.3 cm³/mol. The van der Waals surface area contributed by atoms with E-state index in [0.717, 1.165) is 16.7 Å². The summed E-state index contributed by atoms with van der Waals surface area (Å²) in [6.07, 6.45) is 1.64. The van der Waals surface area contributed by atoms with E-state index in [1.165, 1.54) is 0 Å². The molecule has 0 N–H and O–H groups in total. The SMILES string of the molecule is CN(Cc1ccco1)c1nc2ccccc2cc1C#N. The zero-order valence-corrected chi connectivity index (χ0v) is 11.1. The van der Waals surface area contributed by atoms with Crippen LogP contribution in [0.5, 0.6) is 0 Å². The van der Waals surface area contributed by atoms with Gasteiger partial charge in [-0.2, -0.15) is 5.26 Å². The molecule has 0 atom stereocenters. The smallest absolute Gasteiger partial charge is 0.147 e. The van der Waals surface area contributed by atoms with Crippen LogP contribution in [0.2, 0.25) is 0 Å². The molecular formula is C16H13N3O. The van der Waals surface area contributed by atoms with Gasteiger partial charge in [0.1, 0.15) is 17.6 Å². The summed E-state index contributed by atoms with van der Waals surface area (Å²) >= 11 is 0. The van der Waals surface area contributed by atoms with E-state index in [1.807, 2.05) is 54.4 Å². The fourth-order valence-electron chi connectivity index (χ4n) is 2.19. The van der Waals surface area contributed by atoms with Crippen molar-refractivity contribution in [2.45, 2.75) is 6.54 Å². The summed E-state index contributed by atoms with van der Waals surface area (Å²) < 4.78 is 5.33. The lowest BCUT2D eigenvalue weighted by molar-refractivity contribution is 0.507. The molecule has 98 valence electrons. The highest BCUT2D eigenvalue weighted by Gasteiger charge is 2.12. The summed E-state index contributed by atoms with van der Waals surface area (Å²) in [6.45, 7) is 0.576. The maximum atomic E-state index is 9.31. The number of anilines is 1. The molecule has 0 aliphatic rings. The molecular weight excluding hydrogens is 250 g/mol. The lowest BCUT2D eigenvalue weighted by atomic mass is 10.1. The Kier molecular flexibility index (Phi) is 3.10. The van der Waals surface area contributed by atoms with E-state index < -0.39 is 0 Å². The van der Waals surface area contributed by atoms with Crippen molar-refractivity contribution in [3.8, 4) is 6.07 Å². The highest BCUT2D eigenvalue weighted by molar-refractivity contribution is 5.82. The fourth-order valence-corrected chi connectivity index (χ4v) is 2.19. The summed E-state index contributed by atoms with van der Waals surface area (Å²) in [5, 5.41) is 10.3. The van der Waals surface area contributed by atoms with Gasteiger partial charge in [0, 0.05) is 12.4 Å². The number of hydrogen-bond donors (Lipinski definition) is 0. The zero-order valence-electron chi connectivity index (χ0n) is 11.1. The Morgan fingerprint density at radius 2 is 2.10 bits per heavy atom. The van der Waals surface area contributed by atoms with Crippen LogP contribution >= 0.6 is 0 Å². The highest BCUT2D eigenvalue weighted by Crippen LogP contribution is 2.23. The third-order valence-electron chi connectivity index (χ3n) is 3.16. The minimum atomic E-state index is 0.567. The van der Waals surface area contributed by atoms with Gasteiger partial charge in [-0.05, 0) is 24.3 Å². The topological polar surface area (TPSA) is 53.1 Å². The van der Waals surface area contributed by atoms with Crippen LogP contribution in [0.1, 0.15) is 11.3 Å². The van der Waals surface area contributed by atoms with E-state index in [1.54, 1.807) is 6.26 Å². The molecule has 1 aromatic carbocycles. The number of benzene rings is 1. The molecule has 3 rings (SSSR count). The first-order chi connectivity index (χ1) is 9.78. The summed E-state index contributed by atoms with van der Waals surface area (Å²) in [7, 11) is 1.90. The summed E-state index contributed by atoms with van der Waals surface area (Å²) in [6, 6.07) is 15.6. The zero-order chi connectivity index (χ0) is 13.9. The average molecular weight is 263 g/mol. The standard InChI is InChI=1S/C16H13N3O/c1-19(11-14-6-4-8-20-14)16-13(10-17)9-12-5-2-3-7-15(12)18-16/h2-9H,11H2,1H3. The molecule has 4 heteroatoms. The Hall–Kier alpha value is -2.80. The third-order valence-corrected chi connectivity index (χ3v) is 3.16. The van der Waals surface area contributed by atoms with E-state index in [0.29, 0.717) is 17.9 Å². The predicted octanol–water partition coefficient (Wildman–Crippen LogP) is 3.34. The van der Waals surface area contributed by atoms with E-state index in [4.69, 9.17) is 4.42 Å². The van der Waals surface area contributed by atoms with Gasteiger partial charge in [0.25, 0.3) is 0 Å². The molecule has 0 aliphatic carbocycles. The van der Waals surface area contributed by atoms with Crippen LogP contribution in [0.4, 0.5) is 5.82 Å². The van der Waals surface area contributed by atoms with Crippen molar-refractivity contribution in [1.29, 1.82) is 5.26 Å². The number of para-hydroxylation sites is 1. The third kappa shape index (κ3) is 2.21. The first-order valence-corrected chi connectivity index (χ1v) is 6.31. The van der Waals surface area contributed by atoms with Crippen molar-refractivity contribution in [3.63, 3.8) is 0 Å². The maximum absolute atomic E-state index is 9.31. The summed E-state index contributed by atoms with van der Waals surface area (Å²) in [4.78, 5) is 6.51. The van der Waals surface area contributed by atoms with Gasteiger partial charge in [0.15, 0.2) is 0 Å². The molecule has 4 nitrogen and oxygen atoms in total. The number of aromatic nitrogens is 1. The molecule has 0 unspecified atom stereocenters. The number of nitriles is 1. The van der Waals surface area contributed by atoms with Crippen molar-refractivity contribution >= 4 is 16.7 Å². The van der Waals surface area contributed by atoms with Gasteiger partial charge in [-0.15, -0.1) is 0 Å². The molecule has 0 spiro atoms. The second-order valence-electron chi connectivity index (χ2n) is 4.60. The van der Waals surface area contributed by atoms with Gasteiger partial charge in [0.2, 0.25) is 0 Å². The summed E-state index contributed by atoms with van der Waals surface area (Å²) in [5.74, 6) is 1.51.